The molecule has 1 rings (SSSR count). The minimum Gasteiger partial charge on any atom is -0.444 e. The Morgan fingerprint density at radius 1 is 1.45 bits per heavy atom. The van der Waals surface area contributed by atoms with E-state index in [1.54, 1.807) is 32.5 Å². The van der Waals surface area contributed by atoms with Gasteiger partial charge in [0.1, 0.15) is 17.0 Å². The molecule has 0 saturated carbocycles. The van der Waals surface area contributed by atoms with Crippen LogP contribution in [0, 0.1) is 0 Å². The first-order valence-corrected chi connectivity index (χ1v) is 7.60. The Hall–Kier alpha value is -1.56. The Balaban J connectivity index is 3.11. The lowest BCUT2D eigenvalue weighted by Gasteiger charge is -2.23. The van der Waals surface area contributed by atoms with E-state index < -0.39 is 17.7 Å². The van der Waals surface area contributed by atoms with Crippen molar-refractivity contribution in [3.05, 3.63) is 16.4 Å². The van der Waals surface area contributed by atoms with Crippen LogP contribution in [0.3, 0.4) is 0 Å². The van der Waals surface area contributed by atoms with Gasteiger partial charge in [-0.1, -0.05) is 25.4 Å². The predicted molar refractivity (Wildman–Crippen MR) is 85.1 cm³/mol. The molecule has 1 heterocycles. The van der Waals surface area contributed by atoms with Gasteiger partial charge in [-0.15, -0.1) is 0 Å². The summed E-state index contributed by atoms with van der Waals surface area (Å²) in [5, 5.41) is 7.49. The van der Waals surface area contributed by atoms with Gasteiger partial charge in [-0.2, -0.15) is 5.10 Å². The molecule has 0 spiro atoms. The van der Waals surface area contributed by atoms with Gasteiger partial charge < -0.3 is 14.8 Å². The molecular weight excluding hydrogens is 306 g/mol. The van der Waals surface area contributed by atoms with Crippen molar-refractivity contribution in [1.29, 1.82) is 0 Å². The van der Waals surface area contributed by atoms with E-state index in [-0.39, 0.29) is 12.3 Å². The summed E-state index contributed by atoms with van der Waals surface area (Å²) in [6.45, 7) is 9.29. The van der Waals surface area contributed by atoms with Crippen molar-refractivity contribution in [3.63, 3.8) is 0 Å². The molecule has 1 N–H and O–H groups in total. The van der Waals surface area contributed by atoms with Crippen LogP contribution in [0.15, 0.2) is 0 Å². The molecule has 22 heavy (non-hydrogen) atoms. The quantitative estimate of drug-likeness (QED) is 0.841. The maximum Gasteiger partial charge on any atom is 0.408 e. The summed E-state index contributed by atoms with van der Waals surface area (Å²) in [6.07, 6.45) is 0.258. The van der Waals surface area contributed by atoms with Crippen LogP contribution in [0.1, 0.15) is 64.3 Å². The number of nitrogens with one attached hydrogen (secondary N) is 1. The van der Waals surface area contributed by atoms with E-state index in [9.17, 15) is 9.59 Å². The molecular formula is C15H24ClN3O3. The standard InChI is InChI=1S/C15H24ClN3O3/c1-9(2)12-11(13(16)19(6)18-12)10(7-8-20)17-14(21)22-15(3,4)5/h8-10H,7H2,1-6H3,(H,17,21)/t10-/m0/s1. The molecule has 0 aliphatic carbocycles. The number of aromatic nitrogens is 2. The lowest BCUT2D eigenvalue weighted by molar-refractivity contribution is -0.108. The van der Waals surface area contributed by atoms with Crippen LogP contribution in [-0.2, 0) is 16.6 Å². The van der Waals surface area contributed by atoms with Crippen LogP contribution in [0.25, 0.3) is 0 Å². The SMILES string of the molecule is CC(C)c1nn(C)c(Cl)c1[C@H](CC=O)NC(=O)OC(C)(C)C. The maximum absolute atomic E-state index is 12.0. The number of ether oxygens (including phenoxy) is 1. The number of alkyl carbamates (subject to hydrolysis) is 1. The Morgan fingerprint density at radius 3 is 2.50 bits per heavy atom. The minimum atomic E-state index is -0.616. The van der Waals surface area contributed by atoms with Crippen LogP contribution < -0.4 is 5.32 Å². The van der Waals surface area contributed by atoms with Crippen molar-refractivity contribution >= 4 is 24.0 Å². The van der Waals surface area contributed by atoms with Crippen molar-refractivity contribution in [3.8, 4) is 0 Å². The number of aldehydes is 1. The first-order chi connectivity index (χ1) is 10.1. The number of carbonyl (C=O) groups is 2. The van der Waals surface area contributed by atoms with E-state index in [2.05, 4.69) is 10.4 Å². The first kappa shape index (κ1) is 18.5. The Morgan fingerprint density at radius 2 is 2.05 bits per heavy atom. The number of rotatable bonds is 5. The monoisotopic (exact) mass is 329 g/mol. The van der Waals surface area contributed by atoms with Crippen LogP contribution in [-0.4, -0.2) is 27.8 Å². The average molecular weight is 330 g/mol. The molecule has 0 aromatic carbocycles. The Labute approximate surface area is 136 Å². The first-order valence-electron chi connectivity index (χ1n) is 7.22. The van der Waals surface area contributed by atoms with E-state index in [0.29, 0.717) is 10.7 Å². The fourth-order valence-corrected chi connectivity index (χ4v) is 2.35. The lowest BCUT2D eigenvalue weighted by Crippen LogP contribution is -2.35. The molecule has 1 aromatic heterocycles. The Kier molecular flexibility index (Phi) is 6.00. The highest BCUT2D eigenvalue weighted by Crippen LogP contribution is 2.32. The molecule has 0 fully saturated rings. The van der Waals surface area contributed by atoms with Crippen LogP contribution in [0.5, 0.6) is 0 Å². The third-order valence-electron chi connectivity index (χ3n) is 2.96. The molecule has 0 saturated heterocycles. The number of carbonyl (C=O) groups excluding carboxylic acids is 2. The van der Waals surface area contributed by atoms with Gasteiger partial charge in [0.2, 0.25) is 0 Å². The topological polar surface area (TPSA) is 73.2 Å². The summed E-state index contributed by atoms with van der Waals surface area (Å²) in [4.78, 5) is 23.0. The normalized spacial score (nSPS) is 13.1. The highest BCUT2D eigenvalue weighted by atomic mass is 35.5. The van der Waals surface area contributed by atoms with Crippen molar-refractivity contribution in [2.24, 2.45) is 7.05 Å². The molecule has 0 aliphatic rings. The van der Waals surface area contributed by atoms with Gasteiger partial charge >= 0.3 is 6.09 Å². The van der Waals surface area contributed by atoms with Crippen molar-refractivity contribution in [2.75, 3.05) is 0 Å². The molecule has 0 unspecified atom stereocenters. The second-order valence-electron chi connectivity index (χ2n) is 6.47. The highest BCUT2D eigenvalue weighted by molar-refractivity contribution is 6.30. The smallest absolute Gasteiger partial charge is 0.408 e. The van der Waals surface area contributed by atoms with Crippen LogP contribution >= 0.6 is 11.6 Å². The highest BCUT2D eigenvalue weighted by Gasteiger charge is 2.27. The zero-order valence-electron chi connectivity index (χ0n) is 13.9. The molecule has 1 amide bonds. The molecule has 0 aliphatic heterocycles. The van der Waals surface area contributed by atoms with E-state index in [0.717, 1.165) is 12.0 Å². The number of halogens is 1. The van der Waals surface area contributed by atoms with Gasteiger partial charge in [-0.3, -0.25) is 4.68 Å². The number of nitrogens with zero attached hydrogens (tertiary/aromatic N) is 2. The predicted octanol–water partition coefficient (Wildman–Crippen LogP) is 3.35. The fourth-order valence-electron chi connectivity index (χ4n) is 2.08. The van der Waals surface area contributed by atoms with Crippen LogP contribution in [0.4, 0.5) is 4.79 Å². The zero-order chi connectivity index (χ0) is 17.1. The van der Waals surface area contributed by atoms with Gasteiger partial charge in [0.15, 0.2) is 0 Å². The summed E-state index contributed by atoms with van der Waals surface area (Å²) in [7, 11) is 1.73. The minimum absolute atomic E-state index is 0.102. The summed E-state index contributed by atoms with van der Waals surface area (Å²) in [5.41, 5.74) is 0.808. The lowest BCUT2D eigenvalue weighted by atomic mass is 9.99. The molecule has 7 heteroatoms. The molecule has 0 bridgehead atoms. The van der Waals surface area contributed by atoms with E-state index >= 15 is 0 Å². The fraction of sp³-hybridized carbons (Fsp3) is 0.667. The van der Waals surface area contributed by atoms with Gasteiger partial charge in [0.25, 0.3) is 0 Å². The molecule has 1 aromatic rings. The van der Waals surface area contributed by atoms with Crippen LogP contribution in [0.2, 0.25) is 5.15 Å². The van der Waals surface area contributed by atoms with Crippen molar-refractivity contribution < 1.29 is 14.3 Å². The van der Waals surface area contributed by atoms with Gasteiger partial charge in [0, 0.05) is 19.0 Å². The summed E-state index contributed by atoms with van der Waals surface area (Å²) in [5.74, 6) is 0.114. The largest absolute Gasteiger partial charge is 0.444 e. The zero-order valence-corrected chi connectivity index (χ0v) is 14.7. The van der Waals surface area contributed by atoms with Crippen molar-refractivity contribution in [2.45, 2.75) is 58.6 Å². The summed E-state index contributed by atoms with van der Waals surface area (Å²) >= 11 is 6.30. The third-order valence-corrected chi connectivity index (χ3v) is 3.41. The maximum atomic E-state index is 12.0. The van der Waals surface area contributed by atoms with Crippen molar-refractivity contribution in [1.82, 2.24) is 15.1 Å². The second-order valence-corrected chi connectivity index (χ2v) is 6.83. The molecule has 1 atom stereocenters. The summed E-state index contributed by atoms with van der Waals surface area (Å²) < 4.78 is 6.79. The van der Waals surface area contributed by atoms with E-state index in [1.165, 1.54) is 0 Å². The van der Waals surface area contributed by atoms with Gasteiger partial charge in [-0.25, -0.2) is 4.79 Å². The third kappa shape index (κ3) is 4.73. The molecule has 0 radical (unpaired) electrons. The molecule has 124 valence electrons. The van der Waals surface area contributed by atoms with E-state index in [1.807, 2.05) is 13.8 Å². The number of hydrogen-bond donors (Lipinski definition) is 1. The van der Waals surface area contributed by atoms with Gasteiger partial charge in [0.05, 0.1) is 11.7 Å². The Bertz CT molecular complexity index is 547. The summed E-state index contributed by atoms with van der Waals surface area (Å²) in [6, 6.07) is -0.564. The molecule has 6 nitrogen and oxygen atoms in total. The number of hydrogen-bond acceptors (Lipinski definition) is 4. The van der Waals surface area contributed by atoms with Gasteiger partial charge in [-0.05, 0) is 26.7 Å². The second kappa shape index (κ2) is 7.13. The number of amides is 1. The number of aryl methyl sites for hydroxylation is 1. The van der Waals surface area contributed by atoms with E-state index in [4.69, 9.17) is 16.3 Å². The average Bonchev–Trinajstić information content (AvgIpc) is 2.63.